The van der Waals surface area contributed by atoms with E-state index in [0.717, 1.165) is 35.1 Å². The quantitative estimate of drug-likeness (QED) is 0.199. The van der Waals surface area contributed by atoms with Gasteiger partial charge in [0.05, 0.1) is 5.75 Å². The summed E-state index contributed by atoms with van der Waals surface area (Å²) >= 11 is 1.40. The Morgan fingerprint density at radius 1 is 1.41 bits per heavy atom. The van der Waals surface area contributed by atoms with E-state index < -0.39 is 17.3 Å². The number of carbonyl (C=O) groups is 1. The maximum absolute atomic E-state index is 12.0. The topological polar surface area (TPSA) is 139 Å². The van der Waals surface area contributed by atoms with Gasteiger partial charge in [0.25, 0.3) is 5.09 Å². The highest BCUT2D eigenvalue weighted by Crippen LogP contribution is 2.32. The molecule has 4 N–H and O–H groups in total. The van der Waals surface area contributed by atoms with Gasteiger partial charge in [-0.05, 0) is 43.5 Å². The Morgan fingerprint density at radius 3 is 3.06 bits per heavy atom. The number of aliphatic hydroxyl groups excluding tert-OH is 1. The Balaban J connectivity index is 1.26. The summed E-state index contributed by atoms with van der Waals surface area (Å²) < 4.78 is 5.79. The second-order valence-corrected chi connectivity index (χ2v) is 9.10. The molecule has 0 radical (unpaired) electrons. The summed E-state index contributed by atoms with van der Waals surface area (Å²) in [7, 11) is 0. The molecule has 1 heterocycles. The number of ether oxygens (including phenoxy) is 1. The van der Waals surface area contributed by atoms with Crippen LogP contribution in [0.25, 0.3) is 10.9 Å². The fourth-order valence-corrected chi connectivity index (χ4v) is 4.94. The Morgan fingerprint density at radius 2 is 2.25 bits per heavy atom. The molecule has 0 bridgehead atoms. The van der Waals surface area contributed by atoms with Crippen molar-refractivity contribution in [1.29, 1.82) is 0 Å². The molecule has 2 aromatic rings. The number of aromatic amines is 1. The molecule has 11 heteroatoms. The van der Waals surface area contributed by atoms with Crippen molar-refractivity contribution in [3.63, 3.8) is 0 Å². The summed E-state index contributed by atoms with van der Waals surface area (Å²) in [5.74, 6) is 0.851. The van der Waals surface area contributed by atoms with Crippen LogP contribution in [0.3, 0.4) is 0 Å². The number of hydrogen-bond donors (Lipinski definition) is 4. The summed E-state index contributed by atoms with van der Waals surface area (Å²) in [6, 6.07) is 5.93. The highest BCUT2D eigenvalue weighted by atomic mass is 32.2. The van der Waals surface area contributed by atoms with E-state index in [2.05, 4.69) is 20.5 Å². The van der Waals surface area contributed by atoms with Crippen molar-refractivity contribution in [3.8, 4) is 5.75 Å². The smallest absolute Gasteiger partial charge is 0.294 e. The summed E-state index contributed by atoms with van der Waals surface area (Å²) in [6.45, 7) is 3.43. The van der Waals surface area contributed by atoms with Crippen LogP contribution in [0, 0.1) is 17.0 Å². The molecule has 10 nitrogen and oxygen atoms in total. The van der Waals surface area contributed by atoms with Crippen LogP contribution in [0.5, 0.6) is 5.75 Å². The van der Waals surface area contributed by atoms with E-state index in [-0.39, 0.29) is 23.5 Å². The average Bonchev–Trinajstić information content (AvgIpc) is 3.39. The Kier molecular flexibility index (Phi) is 9.00. The van der Waals surface area contributed by atoms with Gasteiger partial charge >= 0.3 is 0 Å². The molecular weight excluding hydrogens is 436 g/mol. The largest absolute Gasteiger partial charge is 0.490 e. The lowest BCUT2D eigenvalue weighted by Crippen LogP contribution is -2.37. The zero-order valence-electron chi connectivity index (χ0n) is 18.0. The molecule has 3 atom stereocenters. The van der Waals surface area contributed by atoms with Crippen molar-refractivity contribution in [2.45, 2.75) is 43.6 Å². The van der Waals surface area contributed by atoms with Crippen LogP contribution in [0.2, 0.25) is 0 Å². The average molecular weight is 467 g/mol. The number of nitrogens with one attached hydrogen (secondary N) is 3. The first-order valence-corrected chi connectivity index (χ1v) is 11.8. The number of hydrogen-bond acceptors (Lipinski definition) is 8. The Labute approximate surface area is 190 Å². The zero-order chi connectivity index (χ0) is 22.9. The second kappa shape index (κ2) is 11.9. The van der Waals surface area contributed by atoms with Crippen LogP contribution in [0.1, 0.15) is 24.8 Å². The van der Waals surface area contributed by atoms with Crippen LogP contribution in [-0.2, 0) is 9.63 Å². The third-order valence-electron chi connectivity index (χ3n) is 5.25. The standard InChI is InChI=1S/C21H30N4O6S/c1-14-9-17-16(5-6-23-17)19(10-14)30-12-15(26)11-22-7-8-24-21(27)13-32-20-4-2-3-18(20)31-25(28)29/h5-6,9-10,15,18,20,22-23,26H,2-4,7-8,11-13H2,1H3,(H,24,27). The Bertz CT molecular complexity index is 908. The van der Waals surface area contributed by atoms with Crippen molar-refractivity contribution < 1.29 is 24.6 Å². The van der Waals surface area contributed by atoms with Gasteiger partial charge in [0.15, 0.2) is 0 Å². The number of H-pyrrole nitrogens is 1. The number of amides is 1. The highest BCUT2D eigenvalue weighted by Gasteiger charge is 2.31. The van der Waals surface area contributed by atoms with Crippen molar-refractivity contribution in [2.24, 2.45) is 0 Å². The lowest BCUT2D eigenvalue weighted by Gasteiger charge is -2.17. The number of benzene rings is 1. The van der Waals surface area contributed by atoms with Gasteiger partial charge in [0.1, 0.15) is 24.6 Å². The monoisotopic (exact) mass is 466 g/mol. The van der Waals surface area contributed by atoms with Crippen LogP contribution >= 0.6 is 11.8 Å². The minimum absolute atomic E-state index is 0.0275. The predicted octanol–water partition coefficient (Wildman–Crippen LogP) is 1.78. The molecule has 0 spiro atoms. The minimum atomic E-state index is -0.754. The molecule has 1 fully saturated rings. The first-order chi connectivity index (χ1) is 15.4. The summed E-state index contributed by atoms with van der Waals surface area (Å²) in [5, 5.41) is 26.8. The molecule has 176 valence electrons. The van der Waals surface area contributed by atoms with E-state index in [4.69, 9.17) is 4.74 Å². The first kappa shape index (κ1) is 24.1. The molecule has 0 saturated heterocycles. The highest BCUT2D eigenvalue weighted by molar-refractivity contribution is 8.00. The fourth-order valence-electron chi connectivity index (χ4n) is 3.74. The maximum Gasteiger partial charge on any atom is 0.294 e. The van der Waals surface area contributed by atoms with E-state index in [0.29, 0.717) is 26.1 Å². The fraction of sp³-hybridized carbons (Fsp3) is 0.571. The first-order valence-electron chi connectivity index (χ1n) is 10.7. The van der Waals surface area contributed by atoms with Crippen molar-refractivity contribution >= 4 is 28.6 Å². The molecule has 1 aliphatic carbocycles. The van der Waals surface area contributed by atoms with Crippen LogP contribution < -0.4 is 15.4 Å². The van der Waals surface area contributed by atoms with Crippen LogP contribution in [-0.4, -0.2) is 70.5 Å². The van der Waals surface area contributed by atoms with Crippen molar-refractivity contribution in [1.82, 2.24) is 15.6 Å². The van der Waals surface area contributed by atoms with Gasteiger partial charge in [-0.15, -0.1) is 21.9 Å². The maximum atomic E-state index is 12.0. The minimum Gasteiger partial charge on any atom is -0.490 e. The number of rotatable bonds is 13. The molecule has 0 aliphatic heterocycles. The van der Waals surface area contributed by atoms with Crippen molar-refractivity contribution in [3.05, 3.63) is 40.1 Å². The SMILES string of the molecule is Cc1cc(OCC(O)CNCCNC(=O)CSC2CCCC2O[N+](=O)[O-])c2cc[nH]c2c1. The third kappa shape index (κ3) is 7.28. The van der Waals surface area contributed by atoms with Gasteiger partial charge in [-0.3, -0.25) is 4.79 Å². The third-order valence-corrected chi connectivity index (χ3v) is 6.65. The van der Waals surface area contributed by atoms with E-state index >= 15 is 0 Å². The molecule has 1 aliphatic rings. The molecule has 3 rings (SSSR count). The lowest BCUT2D eigenvalue weighted by atomic mass is 10.1. The van der Waals surface area contributed by atoms with Crippen LogP contribution in [0.15, 0.2) is 24.4 Å². The molecule has 1 amide bonds. The Hall–Kier alpha value is -2.50. The summed E-state index contributed by atoms with van der Waals surface area (Å²) in [4.78, 5) is 30.4. The van der Waals surface area contributed by atoms with Gasteiger partial charge in [0, 0.05) is 42.0 Å². The van der Waals surface area contributed by atoms with Gasteiger partial charge in [-0.1, -0.05) is 6.42 Å². The molecule has 3 unspecified atom stereocenters. The number of thioether (sulfide) groups is 1. The number of nitrogens with zero attached hydrogens (tertiary/aromatic N) is 1. The lowest BCUT2D eigenvalue weighted by molar-refractivity contribution is -0.767. The van der Waals surface area contributed by atoms with E-state index in [1.165, 1.54) is 11.8 Å². The predicted molar refractivity (Wildman–Crippen MR) is 122 cm³/mol. The van der Waals surface area contributed by atoms with Gasteiger partial charge < -0.3 is 30.3 Å². The number of fused-ring (bicyclic) bond motifs is 1. The number of aliphatic hydroxyl groups is 1. The zero-order valence-corrected chi connectivity index (χ0v) is 18.9. The molecule has 1 saturated carbocycles. The second-order valence-electron chi connectivity index (χ2n) is 7.87. The van der Waals surface area contributed by atoms with Gasteiger partial charge in [-0.2, -0.15) is 0 Å². The number of carbonyl (C=O) groups excluding carboxylic acids is 1. The van der Waals surface area contributed by atoms with E-state index in [1.54, 1.807) is 0 Å². The number of aromatic nitrogens is 1. The normalized spacial score (nSPS) is 19.1. The molecule has 1 aromatic heterocycles. The van der Waals surface area contributed by atoms with Crippen LogP contribution in [0.4, 0.5) is 0 Å². The van der Waals surface area contributed by atoms with E-state index in [1.807, 2.05) is 31.3 Å². The van der Waals surface area contributed by atoms with Gasteiger partial charge in [-0.25, -0.2) is 0 Å². The van der Waals surface area contributed by atoms with E-state index in [9.17, 15) is 20.0 Å². The molecule has 1 aromatic carbocycles. The summed E-state index contributed by atoms with van der Waals surface area (Å²) in [6.07, 6.45) is 3.08. The van der Waals surface area contributed by atoms with Crippen molar-refractivity contribution in [2.75, 3.05) is 32.0 Å². The van der Waals surface area contributed by atoms with Gasteiger partial charge in [0.2, 0.25) is 5.91 Å². The number of aryl methyl sites for hydroxylation is 1. The summed E-state index contributed by atoms with van der Waals surface area (Å²) in [5.41, 5.74) is 2.07. The molecular formula is C21H30N4O6S. The molecule has 32 heavy (non-hydrogen) atoms.